The average Bonchev–Trinajstić information content (AvgIpc) is 3.16. The minimum absolute atomic E-state index is 0.0250. The van der Waals surface area contributed by atoms with E-state index in [1.54, 1.807) is 12.1 Å². The predicted octanol–water partition coefficient (Wildman–Crippen LogP) is 4.95. The van der Waals surface area contributed by atoms with E-state index < -0.39 is 11.9 Å². The molecule has 1 heterocycles. The van der Waals surface area contributed by atoms with Crippen LogP contribution in [0.3, 0.4) is 0 Å². The number of furan rings is 1. The fraction of sp³-hybridized carbons (Fsp3) is 0.375. The number of halogens is 3. The Bertz CT molecular complexity index is 1120. The summed E-state index contributed by atoms with van der Waals surface area (Å²) in [5.41, 5.74) is 0.587. The Labute approximate surface area is 201 Å². The van der Waals surface area contributed by atoms with E-state index in [0.29, 0.717) is 22.9 Å². The van der Waals surface area contributed by atoms with Gasteiger partial charge in [-0.05, 0) is 49.9 Å². The highest BCUT2D eigenvalue weighted by atomic mass is 35.5. The molecule has 9 heteroatoms. The van der Waals surface area contributed by atoms with Gasteiger partial charge in [-0.25, -0.2) is 4.39 Å². The van der Waals surface area contributed by atoms with E-state index in [4.69, 9.17) is 32.4 Å². The molecule has 0 aliphatic heterocycles. The molecule has 0 spiro atoms. The van der Waals surface area contributed by atoms with Crippen molar-refractivity contribution in [3.05, 3.63) is 64.1 Å². The highest BCUT2D eigenvalue weighted by Crippen LogP contribution is 2.30. The van der Waals surface area contributed by atoms with Gasteiger partial charge in [-0.15, -0.1) is 0 Å². The second kappa shape index (κ2) is 10.7. The summed E-state index contributed by atoms with van der Waals surface area (Å²) in [5, 5.41) is 17.6. The largest absolute Gasteiger partial charge is 0.491 e. The Morgan fingerprint density at radius 1 is 1.15 bits per heavy atom. The molecule has 33 heavy (non-hydrogen) atoms. The van der Waals surface area contributed by atoms with Crippen molar-refractivity contribution in [3.63, 3.8) is 0 Å². The van der Waals surface area contributed by atoms with E-state index in [9.17, 15) is 14.3 Å². The number of hydrogen-bond donors (Lipinski definition) is 3. The molecular weight excluding hydrogens is 470 g/mol. The molecule has 0 radical (unpaired) electrons. The first-order valence-corrected chi connectivity index (χ1v) is 11.6. The van der Waals surface area contributed by atoms with Gasteiger partial charge in [0.1, 0.15) is 29.9 Å². The van der Waals surface area contributed by atoms with Gasteiger partial charge in [0.2, 0.25) is 5.76 Å². The lowest BCUT2D eigenvalue weighted by Crippen LogP contribution is -2.44. The number of aliphatic hydroxyl groups excluding tert-OH is 1. The lowest BCUT2D eigenvalue weighted by molar-refractivity contribution is 0.0891. The lowest BCUT2D eigenvalue weighted by Gasteiger charge is -2.30. The average molecular weight is 495 g/mol. The summed E-state index contributed by atoms with van der Waals surface area (Å²) < 4.78 is 24.5. The summed E-state index contributed by atoms with van der Waals surface area (Å²) in [5.74, 6) is -0.411. The Morgan fingerprint density at radius 2 is 1.88 bits per heavy atom. The molecule has 1 amide bonds. The molecule has 1 aliphatic carbocycles. The van der Waals surface area contributed by atoms with E-state index in [1.807, 2.05) is 18.2 Å². The maximum atomic E-state index is 13.4. The van der Waals surface area contributed by atoms with Gasteiger partial charge in [0, 0.05) is 30.1 Å². The number of benzene rings is 2. The van der Waals surface area contributed by atoms with Gasteiger partial charge in [-0.1, -0.05) is 35.3 Å². The maximum absolute atomic E-state index is 13.4. The van der Waals surface area contributed by atoms with Crippen LogP contribution in [0.4, 0.5) is 4.39 Å². The second-order valence-corrected chi connectivity index (χ2v) is 9.00. The van der Waals surface area contributed by atoms with E-state index in [-0.39, 0.29) is 35.4 Å². The normalized spacial score (nSPS) is 19.4. The molecule has 0 saturated heterocycles. The molecule has 1 fully saturated rings. The van der Waals surface area contributed by atoms with Gasteiger partial charge in [0.15, 0.2) is 0 Å². The number of aliphatic hydroxyl groups is 1. The van der Waals surface area contributed by atoms with Gasteiger partial charge in [-0.2, -0.15) is 0 Å². The van der Waals surface area contributed by atoms with Crippen LogP contribution in [0.15, 0.2) is 46.9 Å². The van der Waals surface area contributed by atoms with Crippen molar-refractivity contribution in [2.24, 2.45) is 0 Å². The Kier molecular flexibility index (Phi) is 7.75. The van der Waals surface area contributed by atoms with Crippen molar-refractivity contribution < 1.29 is 23.4 Å². The fourth-order valence-electron chi connectivity index (χ4n) is 3.97. The fourth-order valence-corrected chi connectivity index (χ4v) is 4.37. The zero-order valence-corrected chi connectivity index (χ0v) is 19.3. The summed E-state index contributed by atoms with van der Waals surface area (Å²) in [4.78, 5) is 12.6. The molecule has 3 N–H and O–H groups in total. The molecular formula is C24H25Cl2FN2O4. The van der Waals surface area contributed by atoms with E-state index in [0.717, 1.165) is 31.1 Å². The summed E-state index contributed by atoms with van der Waals surface area (Å²) in [6.07, 6.45) is 2.58. The zero-order valence-electron chi connectivity index (χ0n) is 17.8. The van der Waals surface area contributed by atoms with Crippen molar-refractivity contribution in [2.75, 3.05) is 13.2 Å². The Hall–Kier alpha value is -2.32. The number of carbonyl (C=O) groups excluding carboxylic acids is 1. The van der Waals surface area contributed by atoms with Crippen LogP contribution in [0, 0.1) is 5.82 Å². The molecule has 1 aliphatic rings. The second-order valence-electron chi connectivity index (χ2n) is 8.21. The van der Waals surface area contributed by atoms with Crippen molar-refractivity contribution in [3.8, 4) is 5.75 Å². The van der Waals surface area contributed by atoms with E-state index >= 15 is 0 Å². The molecule has 176 valence electrons. The predicted molar refractivity (Wildman–Crippen MR) is 126 cm³/mol. The van der Waals surface area contributed by atoms with Gasteiger partial charge in [0.05, 0.1) is 10.0 Å². The molecule has 4 rings (SSSR count). The van der Waals surface area contributed by atoms with Gasteiger partial charge < -0.3 is 24.9 Å². The molecule has 1 aromatic heterocycles. The Balaban J connectivity index is 1.18. The van der Waals surface area contributed by atoms with Crippen molar-refractivity contribution in [2.45, 2.75) is 43.9 Å². The van der Waals surface area contributed by atoms with Gasteiger partial charge >= 0.3 is 0 Å². The van der Waals surface area contributed by atoms with Crippen LogP contribution in [0.1, 0.15) is 36.2 Å². The molecule has 1 saturated carbocycles. The first kappa shape index (κ1) is 23.8. The van der Waals surface area contributed by atoms with E-state index in [2.05, 4.69) is 10.6 Å². The van der Waals surface area contributed by atoms with Gasteiger partial charge in [-0.3, -0.25) is 4.79 Å². The van der Waals surface area contributed by atoms with Crippen LogP contribution >= 0.6 is 23.2 Å². The third-order valence-electron chi connectivity index (χ3n) is 5.78. The highest BCUT2D eigenvalue weighted by molar-refractivity contribution is 6.38. The van der Waals surface area contributed by atoms with Crippen LogP contribution < -0.4 is 15.4 Å². The SMILES string of the molecule is O=C(NC1CCC(NCC(O)COc2ccc(Cl)c(F)c2)CC1)c1oc2ccccc2c1Cl. The summed E-state index contributed by atoms with van der Waals surface area (Å²) in [6, 6.07) is 11.7. The molecule has 3 aromatic rings. The highest BCUT2D eigenvalue weighted by Gasteiger charge is 2.26. The monoisotopic (exact) mass is 494 g/mol. The first-order valence-electron chi connectivity index (χ1n) is 10.9. The van der Waals surface area contributed by atoms with E-state index in [1.165, 1.54) is 12.1 Å². The first-order chi connectivity index (χ1) is 15.9. The number of ether oxygens (including phenoxy) is 1. The van der Waals surface area contributed by atoms with Crippen molar-refractivity contribution in [1.29, 1.82) is 0 Å². The number of rotatable bonds is 8. The number of hydrogen-bond acceptors (Lipinski definition) is 5. The number of para-hydroxylation sites is 1. The van der Waals surface area contributed by atoms with Crippen molar-refractivity contribution >= 4 is 40.1 Å². The number of nitrogens with one attached hydrogen (secondary N) is 2. The maximum Gasteiger partial charge on any atom is 0.288 e. The van der Waals surface area contributed by atoms with Crippen LogP contribution in [0.5, 0.6) is 5.75 Å². The molecule has 2 aromatic carbocycles. The summed E-state index contributed by atoms with van der Waals surface area (Å²) in [7, 11) is 0. The third kappa shape index (κ3) is 5.98. The smallest absolute Gasteiger partial charge is 0.288 e. The minimum atomic E-state index is -0.739. The van der Waals surface area contributed by atoms with Crippen LogP contribution in [-0.4, -0.2) is 42.4 Å². The van der Waals surface area contributed by atoms with Crippen LogP contribution in [0.25, 0.3) is 11.0 Å². The molecule has 6 nitrogen and oxygen atoms in total. The van der Waals surface area contributed by atoms with Gasteiger partial charge in [0.25, 0.3) is 5.91 Å². The number of carbonyl (C=O) groups is 1. The molecule has 1 unspecified atom stereocenters. The minimum Gasteiger partial charge on any atom is -0.491 e. The van der Waals surface area contributed by atoms with Crippen LogP contribution in [0.2, 0.25) is 10.0 Å². The number of amides is 1. The lowest BCUT2D eigenvalue weighted by atomic mass is 9.91. The van der Waals surface area contributed by atoms with Crippen molar-refractivity contribution in [1.82, 2.24) is 10.6 Å². The molecule has 0 bridgehead atoms. The summed E-state index contributed by atoms with van der Waals surface area (Å²) in [6.45, 7) is 0.393. The third-order valence-corrected chi connectivity index (χ3v) is 6.46. The Morgan fingerprint density at radius 3 is 2.61 bits per heavy atom. The topological polar surface area (TPSA) is 83.7 Å². The molecule has 1 atom stereocenters. The summed E-state index contributed by atoms with van der Waals surface area (Å²) >= 11 is 12.0. The number of fused-ring (bicyclic) bond motifs is 1. The standard InChI is InChI=1S/C24H25Cl2FN2O4/c25-19-10-9-17(11-20(19)27)32-13-16(30)12-28-14-5-7-15(8-6-14)29-24(31)23-22(26)18-3-1-2-4-21(18)33-23/h1-4,9-11,14-16,28,30H,5-8,12-13H2,(H,29,31). The zero-order chi connectivity index (χ0) is 23.4. The van der Waals surface area contributed by atoms with Crippen LogP contribution in [-0.2, 0) is 0 Å². The quantitative estimate of drug-likeness (QED) is 0.412.